The van der Waals surface area contributed by atoms with Gasteiger partial charge in [0.25, 0.3) is 0 Å². The van der Waals surface area contributed by atoms with Gasteiger partial charge in [-0.1, -0.05) is 19.1 Å². The molecule has 1 nitrogen and oxygen atoms in total. The number of benzene rings is 2. The Bertz CT molecular complexity index is 529. The van der Waals surface area contributed by atoms with Crippen molar-refractivity contribution >= 4 is 0 Å². The van der Waals surface area contributed by atoms with Crippen molar-refractivity contribution in [2.75, 3.05) is 0 Å². The van der Waals surface area contributed by atoms with Crippen LogP contribution in [0.4, 0.5) is 4.39 Å². The second-order valence-electron chi connectivity index (χ2n) is 4.16. The minimum Gasteiger partial charge on any atom is -0.508 e. The summed E-state index contributed by atoms with van der Waals surface area (Å²) in [5.41, 5.74) is 3.92. The Hall–Kier alpha value is -1.83. The summed E-state index contributed by atoms with van der Waals surface area (Å²) < 4.78 is 12.9. The summed E-state index contributed by atoms with van der Waals surface area (Å²) in [6.07, 6.45) is 0.778. The average molecular weight is 230 g/mol. The molecule has 0 unspecified atom stereocenters. The number of aromatic hydroxyl groups is 1. The molecular weight excluding hydrogens is 215 g/mol. The summed E-state index contributed by atoms with van der Waals surface area (Å²) in [5.74, 6) is 0.0942. The predicted octanol–water partition coefficient (Wildman–Crippen LogP) is 4.07. The number of hydrogen-bond donors (Lipinski definition) is 1. The molecule has 0 radical (unpaired) electrons. The van der Waals surface area contributed by atoms with Gasteiger partial charge in [-0.15, -0.1) is 0 Å². The Balaban J connectivity index is 2.55. The fourth-order valence-electron chi connectivity index (χ4n) is 1.96. The maximum atomic E-state index is 12.9. The average Bonchev–Trinajstić information content (AvgIpc) is 2.31. The van der Waals surface area contributed by atoms with E-state index in [9.17, 15) is 9.50 Å². The Morgan fingerprint density at radius 2 is 1.76 bits per heavy atom. The van der Waals surface area contributed by atoms with Crippen LogP contribution in [0.5, 0.6) is 5.75 Å². The third-order valence-electron chi connectivity index (χ3n) is 2.96. The predicted molar refractivity (Wildman–Crippen MR) is 67.6 cm³/mol. The standard InChI is InChI=1S/C15H15FO/c1-3-11-9-14(10(2)8-15(11)17)12-4-6-13(16)7-5-12/h4-9,17H,3H2,1-2H3. The highest BCUT2D eigenvalue weighted by Crippen LogP contribution is 2.30. The molecule has 0 aliphatic heterocycles. The number of phenols is 1. The lowest BCUT2D eigenvalue weighted by Gasteiger charge is -2.10. The maximum absolute atomic E-state index is 12.9. The van der Waals surface area contributed by atoms with Crippen molar-refractivity contribution in [1.29, 1.82) is 0 Å². The molecule has 0 aliphatic carbocycles. The molecule has 0 amide bonds. The van der Waals surface area contributed by atoms with E-state index in [0.29, 0.717) is 5.75 Å². The van der Waals surface area contributed by atoms with Crippen LogP contribution in [0.1, 0.15) is 18.1 Å². The molecule has 0 saturated heterocycles. The fraction of sp³-hybridized carbons (Fsp3) is 0.200. The van der Waals surface area contributed by atoms with Gasteiger partial charge in [0, 0.05) is 0 Å². The molecule has 2 aromatic carbocycles. The third kappa shape index (κ3) is 2.31. The van der Waals surface area contributed by atoms with E-state index in [1.54, 1.807) is 18.2 Å². The quantitative estimate of drug-likeness (QED) is 0.824. The van der Waals surface area contributed by atoms with Crippen LogP contribution < -0.4 is 0 Å². The largest absolute Gasteiger partial charge is 0.508 e. The Morgan fingerprint density at radius 1 is 1.12 bits per heavy atom. The Morgan fingerprint density at radius 3 is 2.35 bits per heavy atom. The first-order chi connectivity index (χ1) is 8.11. The first-order valence-corrected chi connectivity index (χ1v) is 5.70. The second kappa shape index (κ2) is 4.58. The van der Waals surface area contributed by atoms with Crippen molar-refractivity contribution in [2.45, 2.75) is 20.3 Å². The summed E-state index contributed by atoms with van der Waals surface area (Å²) in [6.45, 7) is 3.94. The molecule has 0 fully saturated rings. The molecule has 0 aliphatic rings. The van der Waals surface area contributed by atoms with Crippen molar-refractivity contribution in [1.82, 2.24) is 0 Å². The van der Waals surface area contributed by atoms with Gasteiger partial charge in [0.1, 0.15) is 11.6 Å². The monoisotopic (exact) mass is 230 g/mol. The molecule has 0 bridgehead atoms. The minimum absolute atomic E-state index is 0.235. The van der Waals surface area contributed by atoms with Crippen LogP contribution in [-0.2, 0) is 6.42 Å². The number of hydrogen-bond acceptors (Lipinski definition) is 1. The lowest BCUT2D eigenvalue weighted by molar-refractivity contribution is 0.468. The molecule has 0 atom stereocenters. The van der Waals surface area contributed by atoms with Crippen molar-refractivity contribution in [3.8, 4) is 16.9 Å². The molecule has 2 heteroatoms. The number of aryl methyl sites for hydroxylation is 2. The highest BCUT2D eigenvalue weighted by atomic mass is 19.1. The van der Waals surface area contributed by atoms with Crippen LogP contribution in [0.2, 0.25) is 0 Å². The van der Waals surface area contributed by atoms with Crippen molar-refractivity contribution in [3.05, 3.63) is 53.3 Å². The summed E-state index contributed by atoms with van der Waals surface area (Å²) in [7, 11) is 0. The van der Waals surface area contributed by atoms with E-state index in [1.807, 2.05) is 19.9 Å². The van der Waals surface area contributed by atoms with E-state index in [0.717, 1.165) is 28.7 Å². The summed E-state index contributed by atoms with van der Waals surface area (Å²) in [5, 5.41) is 9.75. The van der Waals surface area contributed by atoms with Crippen LogP contribution in [0.15, 0.2) is 36.4 Å². The van der Waals surface area contributed by atoms with Gasteiger partial charge in [-0.05, 0) is 59.9 Å². The fourth-order valence-corrected chi connectivity index (χ4v) is 1.96. The molecule has 2 aromatic rings. The van der Waals surface area contributed by atoms with E-state index in [4.69, 9.17) is 0 Å². The molecule has 2 rings (SSSR count). The number of rotatable bonds is 2. The zero-order chi connectivity index (χ0) is 12.4. The third-order valence-corrected chi connectivity index (χ3v) is 2.96. The van der Waals surface area contributed by atoms with Crippen LogP contribution >= 0.6 is 0 Å². The summed E-state index contributed by atoms with van der Waals surface area (Å²) >= 11 is 0. The summed E-state index contributed by atoms with van der Waals surface area (Å²) in [6, 6.07) is 10.2. The smallest absolute Gasteiger partial charge is 0.123 e. The molecule has 0 aromatic heterocycles. The number of halogens is 1. The van der Waals surface area contributed by atoms with Crippen molar-refractivity contribution in [2.24, 2.45) is 0 Å². The van der Waals surface area contributed by atoms with E-state index in [2.05, 4.69) is 0 Å². The summed E-state index contributed by atoms with van der Waals surface area (Å²) in [4.78, 5) is 0. The molecular formula is C15H15FO. The molecule has 0 heterocycles. The van der Waals surface area contributed by atoms with Crippen LogP contribution in [0.25, 0.3) is 11.1 Å². The van der Waals surface area contributed by atoms with Crippen molar-refractivity contribution < 1.29 is 9.50 Å². The van der Waals surface area contributed by atoms with Gasteiger partial charge < -0.3 is 5.11 Å². The van der Waals surface area contributed by atoms with Crippen molar-refractivity contribution in [3.63, 3.8) is 0 Å². The zero-order valence-electron chi connectivity index (χ0n) is 10.00. The van der Waals surface area contributed by atoms with Gasteiger partial charge >= 0.3 is 0 Å². The first kappa shape index (κ1) is 11.6. The van der Waals surface area contributed by atoms with Gasteiger partial charge in [0.05, 0.1) is 0 Å². The Kier molecular flexibility index (Phi) is 3.14. The zero-order valence-corrected chi connectivity index (χ0v) is 10.00. The first-order valence-electron chi connectivity index (χ1n) is 5.70. The topological polar surface area (TPSA) is 20.2 Å². The molecule has 0 spiro atoms. The van der Waals surface area contributed by atoms with Gasteiger partial charge in [-0.2, -0.15) is 0 Å². The highest BCUT2D eigenvalue weighted by Gasteiger charge is 2.07. The lowest BCUT2D eigenvalue weighted by atomic mass is 9.96. The molecule has 88 valence electrons. The van der Waals surface area contributed by atoms with Gasteiger partial charge in [0.2, 0.25) is 0 Å². The van der Waals surface area contributed by atoms with Gasteiger partial charge in [-0.3, -0.25) is 0 Å². The van der Waals surface area contributed by atoms with E-state index >= 15 is 0 Å². The van der Waals surface area contributed by atoms with Crippen LogP contribution in [-0.4, -0.2) is 5.11 Å². The van der Waals surface area contributed by atoms with E-state index < -0.39 is 0 Å². The lowest BCUT2D eigenvalue weighted by Crippen LogP contribution is -1.89. The van der Waals surface area contributed by atoms with E-state index in [-0.39, 0.29) is 5.82 Å². The normalized spacial score (nSPS) is 10.5. The van der Waals surface area contributed by atoms with E-state index in [1.165, 1.54) is 12.1 Å². The molecule has 17 heavy (non-hydrogen) atoms. The Labute approximate surface area is 101 Å². The highest BCUT2D eigenvalue weighted by molar-refractivity contribution is 5.69. The molecule has 1 N–H and O–H groups in total. The van der Waals surface area contributed by atoms with Gasteiger partial charge in [0.15, 0.2) is 0 Å². The maximum Gasteiger partial charge on any atom is 0.123 e. The van der Waals surface area contributed by atoms with Gasteiger partial charge in [-0.25, -0.2) is 4.39 Å². The van der Waals surface area contributed by atoms with Crippen LogP contribution in [0.3, 0.4) is 0 Å². The minimum atomic E-state index is -0.235. The second-order valence-corrected chi connectivity index (χ2v) is 4.16. The number of phenolic OH excluding ortho intramolecular Hbond substituents is 1. The van der Waals surface area contributed by atoms with Crippen LogP contribution in [0, 0.1) is 12.7 Å². The SMILES string of the molecule is CCc1cc(-c2ccc(F)cc2)c(C)cc1O. The molecule has 0 saturated carbocycles.